The van der Waals surface area contributed by atoms with E-state index < -0.39 is 60.2 Å². The number of carbonyl (C=O) groups is 6. The molecule has 4 rings (SSSR count). The average molecular weight is 555 g/mol. The SMILES string of the molecule is O=C(O)CNC(=O)C1Cc2cn(nn2)CC(=O)NCC(=O)N2CCCC2C(=O)NC(Cc2ccccc2)C(=O)N1. The number of nitrogens with zero attached hydrogens (tertiary/aromatic N) is 4. The summed E-state index contributed by atoms with van der Waals surface area (Å²) >= 11 is 0. The predicted molar refractivity (Wildman–Crippen MR) is 136 cm³/mol. The molecule has 212 valence electrons. The Bertz CT molecular complexity index is 1280. The Balaban J connectivity index is 1.65. The monoisotopic (exact) mass is 554 g/mol. The van der Waals surface area contributed by atoms with Gasteiger partial charge in [-0.25, -0.2) is 4.68 Å². The van der Waals surface area contributed by atoms with E-state index in [1.807, 2.05) is 0 Å². The quantitative estimate of drug-likeness (QED) is 0.261. The molecule has 5 amide bonds. The third kappa shape index (κ3) is 7.39. The van der Waals surface area contributed by atoms with Gasteiger partial charge in [-0.05, 0) is 18.4 Å². The minimum atomic E-state index is -1.27. The molecule has 1 aromatic carbocycles. The second-order valence-electron chi connectivity index (χ2n) is 9.56. The largest absolute Gasteiger partial charge is 0.480 e. The number of carboxylic acids is 1. The highest BCUT2D eigenvalue weighted by atomic mass is 16.4. The van der Waals surface area contributed by atoms with E-state index >= 15 is 0 Å². The Morgan fingerprint density at radius 3 is 2.60 bits per heavy atom. The van der Waals surface area contributed by atoms with Gasteiger partial charge in [0.2, 0.25) is 29.5 Å². The molecule has 1 saturated heterocycles. The van der Waals surface area contributed by atoms with Crippen LogP contribution in [0.3, 0.4) is 0 Å². The molecule has 3 unspecified atom stereocenters. The van der Waals surface area contributed by atoms with Crippen molar-refractivity contribution in [2.75, 3.05) is 19.6 Å². The van der Waals surface area contributed by atoms with Gasteiger partial charge >= 0.3 is 5.97 Å². The van der Waals surface area contributed by atoms with Gasteiger partial charge in [-0.3, -0.25) is 28.8 Å². The first-order chi connectivity index (χ1) is 19.2. The number of rotatable bonds is 5. The summed E-state index contributed by atoms with van der Waals surface area (Å²) in [5, 5.41) is 26.9. The van der Waals surface area contributed by atoms with Crippen LogP contribution in [0.1, 0.15) is 24.1 Å². The van der Waals surface area contributed by atoms with Crippen molar-refractivity contribution in [1.29, 1.82) is 0 Å². The van der Waals surface area contributed by atoms with E-state index in [0.717, 1.165) is 5.56 Å². The maximum atomic E-state index is 13.5. The number of carboxylic acid groups (broad SMARTS) is 1. The number of hydrogen-bond donors (Lipinski definition) is 5. The van der Waals surface area contributed by atoms with Crippen LogP contribution in [-0.2, 0) is 48.2 Å². The van der Waals surface area contributed by atoms with E-state index in [4.69, 9.17) is 5.11 Å². The van der Waals surface area contributed by atoms with Crippen molar-refractivity contribution in [3.63, 3.8) is 0 Å². The van der Waals surface area contributed by atoms with Gasteiger partial charge in [0.05, 0.1) is 12.2 Å². The molecule has 0 saturated carbocycles. The van der Waals surface area contributed by atoms with Gasteiger partial charge in [0.1, 0.15) is 31.2 Å². The van der Waals surface area contributed by atoms with Gasteiger partial charge in [0.15, 0.2) is 0 Å². The van der Waals surface area contributed by atoms with Crippen LogP contribution in [-0.4, -0.2) is 98.3 Å². The van der Waals surface area contributed by atoms with Gasteiger partial charge in [-0.15, -0.1) is 5.10 Å². The van der Waals surface area contributed by atoms with Crippen LogP contribution in [0.4, 0.5) is 0 Å². The fraction of sp³-hybridized carbons (Fsp3) is 0.440. The van der Waals surface area contributed by atoms with Crippen LogP contribution in [0.15, 0.2) is 36.5 Å². The van der Waals surface area contributed by atoms with Crippen molar-refractivity contribution >= 4 is 35.5 Å². The lowest BCUT2D eigenvalue weighted by atomic mass is 10.0. The Kier molecular flexibility index (Phi) is 9.04. The summed E-state index contributed by atoms with van der Waals surface area (Å²) in [5.74, 6) is -4.22. The molecule has 0 radical (unpaired) electrons. The summed E-state index contributed by atoms with van der Waals surface area (Å²) in [6.45, 7) is -0.927. The highest BCUT2D eigenvalue weighted by molar-refractivity contribution is 5.95. The van der Waals surface area contributed by atoms with Crippen LogP contribution in [0.25, 0.3) is 0 Å². The maximum absolute atomic E-state index is 13.5. The summed E-state index contributed by atoms with van der Waals surface area (Å²) in [6, 6.07) is 5.72. The summed E-state index contributed by atoms with van der Waals surface area (Å²) in [6.07, 6.45) is 2.28. The molecule has 0 aliphatic carbocycles. The van der Waals surface area contributed by atoms with Crippen LogP contribution in [0.2, 0.25) is 0 Å². The number of aromatic nitrogens is 3. The van der Waals surface area contributed by atoms with E-state index in [0.29, 0.717) is 19.4 Å². The second-order valence-corrected chi connectivity index (χ2v) is 9.56. The summed E-state index contributed by atoms with van der Waals surface area (Å²) in [5.41, 5.74) is 0.985. The number of aliphatic carboxylic acids is 1. The van der Waals surface area contributed by atoms with Crippen molar-refractivity contribution < 1.29 is 33.9 Å². The van der Waals surface area contributed by atoms with Gasteiger partial charge < -0.3 is 31.3 Å². The van der Waals surface area contributed by atoms with Crippen LogP contribution in [0, 0.1) is 0 Å². The Morgan fingerprint density at radius 1 is 1.07 bits per heavy atom. The molecule has 40 heavy (non-hydrogen) atoms. The fourth-order valence-corrected chi connectivity index (χ4v) is 4.63. The maximum Gasteiger partial charge on any atom is 0.322 e. The lowest BCUT2D eigenvalue weighted by Crippen LogP contribution is -2.58. The van der Waals surface area contributed by atoms with E-state index in [9.17, 15) is 28.8 Å². The van der Waals surface area contributed by atoms with Gasteiger partial charge in [0, 0.05) is 25.6 Å². The van der Waals surface area contributed by atoms with E-state index in [1.54, 1.807) is 30.3 Å². The van der Waals surface area contributed by atoms with Crippen molar-refractivity contribution in [2.24, 2.45) is 0 Å². The molecule has 2 bridgehead atoms. The molecule has 0 spiro atoms. The molecular weight excluding hydrogens is 524 g/mol. The third-order valence-electron chi connectivity index (χ3n) is 6.58. The van der Waals surface area contributed by atoms with Crippen molar-refractivity contribution in [3.05, 3.63) is 47.8 Å². The summed E-state index contributed by atoms with van der Waals surface area (Å²) in [4.78, 5) is 77.4. The lowest BCUT2D eigenvalue weighted by Gasteiger charge is -2.27. The first-order valence-corrected chi connectivity index (χ1v) is 12.8. The number of amides is 5. The molecule has 1 fully saturated rings. The molecule has 2 aromatic rings. The molecule has 3 heterocycles. The van der Waals surface area contributed by atoms with Crippen molar-refractivity contribution in [3.8, 4) is 0 Å². The zero-order valence-electron chi connectivity index (χ0n) is 21.5. The number of fused-ring (bicyclic) bond motifs is 3. The molecule has 2 aliphatic heterocycles. The first-order valence-electron chi connectivity index (χ1n) is 12.8. The molecular formula is C25H30N8O7. The second kappa shape index (κ2) is 12.8. The van der Waals surface area contributed by atoms with Gasteiger partial charge in [0.25, 0.3) is 0 Å². The molecule has 2 aliphatic rings. The highest BCUT2D eigenvalue weighted by Gasteiger charge is 2.36. The van der Waals surface area contributed by atoms with E-state index in [-0.39, 0.29) is 31.6 Å². The lowest BCUT2D eigenvalue weighted by molar-refractivity contribution is -0.140. The number of benzene rings is 1. The summed E-state index contributed by atoms with van der Waals surface area (Å²) in [7, 11) is 0. The Hall–Kier alpha value is -4.82. The average Bonchev–Trinajstić information content (AvgIpc) is 3.59. The topological polar surface area (TPSA) is 205 Å². The van der Waals surface area contributed by atoms with E-state index in [1.165, 1.54) is 15.8 Å². The first kappa shape index (κ1) is 28.2. The molecule has 15 nitrogen and oxygen atoms in total. The number of hydrogen-bond acceptors (Lipinski definition) is 8. The molecule has 5 N–H and O–H groups in total. The summed E-state index contributed by atoms with van der Waals surface area (Å²) < 4.78 is 1.21. The minimum absolute atomic E-state index is 0.0920. The smallest absolute Gasteiger partial charge is 0.322 e. The van der Waals surface area contributed by atoms with E-state index in [2.05, 4.69) is 31.6 Å². The highest BCUT2D eigenvalue weighted by Crippen LogP contribution is 2.18. The fourth-order valence-electron chi connectivity index (χ4n) is 4.63. The molecule has 1 aromatic heterocycles. The zero-order chi connectivity index (χ0) is 28.6. The number of nitrogens with one attached hydrogen (secondary N) is 4. The van der Waals surface area contributed by atoms with Gasteiger partial charge in [-0.1, -0.05) is 35.5 Å². The van der Waals surface area contributed by atoms with Crippen molar-refractivity contribution in [1.82, 2.24) is 41.2 Å². The molecule has 15 heteroatoms. The van der Waals surface area contributed by atoms with Gasteiger partial charge in [-0.2, -0.15) is 0 Å². The van der Waals surface area contributed by atoms with Crippen LogP contribution >= 0.6 is 0 Å². The zero-order valence-corrected chi connectivity index (χ0v) is 21.5. The number of carbonyl (C=O) groups excluding carboxylic acids is 5. The van der Waals surface area contributed by atoms with Crippen molar-refractivity contribution in [2.45, 2.75) is 50.4 Å². The van der Waals surface area contributed by atoms with Crippen LogP contribution in [0.5, 0.6) is 0 Å². The normalized spacial score (nSPS) is 22.4. The predicted octanol–water partition coefficient (Wildman–Crippen LogP) is -2.65. The Labute approximate surface area is 228 Å². The third-order valence-corrected chi connectivity index (χ3v) is 6.58. The molecule has 3 atom stereocenters. The van der Waals surface area contributed by atoms with Crippen LogP contribution < -0.4 is 21.3 Å². The standard InChI is InChI=1S/C25H30N8O7/c34-20-14-32-13-16(30-31-32)10-18(23(38)27-12-22(36)37)28-24(39)17(9-15-5-2-1-3-6-15)29-25(40)19-7-4-8-33(19)21(35)11-26-20/h1-3,5-6,13,17-19H,4,7-12,14H2,(H,26,34)(H,27,38)(H,28,39)(H,29,40)(H,36,37). The Morgan fingerprint density at radius 2 is 1.85 bits per heavy atom. The minimum Gasteiger partial charge on any atom is -0.480 e.